The first-order chi connectivity index (χ1) is 10.1. The highest BCUT2D eigenvalue weighted by molar-refractivity contribution is 14.0. The highest BCUT2D eigenvalue weighted by Gasteiger charge is 2.04. The lowest BCUT2D eigenvalue weighted by Crippen LogP contribution is -2.40. The summed E-state index contributed by atoms with van der Waals surface area (Å²) in [5.41, 5.74) is 6.87. The number of guanidine groups is 1. The second kappa shape index (κ2) is 11.5. The van der Waals surface area contributed by atoms with Crippen molar-refractivity contribution in [3.8, 4) is 0 Å². The lowest BCUT2D eigenvalue weighted by atomic mass is 10.3. The van der Waals surface area contributed by atoms with Crippen LogP contribution in [0.5, 0.6) is 0 Å². The Morgan fingerprint density at radius 1 is 1.41 bits per heavy atom. The molecule has 0 spiro atoms. The van der Waals surface area contributed by atoms with Gasteiger partial charge in [0.2, 0.25) is 0 Å². The van der Waals surface area contributed by atoms with E-state index in [1.807, 2.05) is 25.3 Å². The third-order valence-electron chi connectivity index (χ3n) is 3.14. The number of aliphatic imine (C=N–C) groups is 1. The van der Waals surface area contributed by atoms with Crippen LogP contribution in [-0.4, -0.2) is 43.8 Å². The summed E-state index contributed by atoms with van der Waals surface area (Å²) in [7, 11) is 1.66. The van der Waals surface area contributed by atoms with Gasteiger partial charge in [-0.3, -0.25) is 0 Å². The molecule has 0 bridgehead atoms. The van der Waals surface area contributed by atoms with Crippen LogP contribution < -0.4 is 16.0 Å². The van der Waals surface area contributed by atoms with Crippen molar-refractivity contribution >= 4 is 35.8 Å². The fourth-order valence-electron chi connectivity index (χ4n) is 2.01. The van der Waals surface area contributed by atoms with Crippen LogP contribution in [0.3, 0.4) is 0 Å². The minimum Gasteiger partial charge on any atom is -0.383 e. The molecule has 3 N–H and O–H groups in total. The summed E-state index contributed by atoms with van der Waals surface area (Å²) in [4.78, 5) is 11.0. The molecule has 22 heavy (non-hydrogen) atoms. The summed E-state index contributed by atoms with van der Waals surface area (Å²) in [5, 5.41) is 3.07. The van der Waals surface area contributed by atoms with Crippen LogP contribution in [0.1, 0.15) is 26.3 Å². The maximum absolute atomic E-state index is 5.83. The third-order valence-corrected chi connectivity index (χ3v) is 3.14. The molecule has 0 radical (unpaired) electrons. The van der Waals surface area contributed by atoms with E-state index >= 15 is 0 Å². The summed E-state index contributed by atoms with van der Waals surface area (Å²) >= 11 is 0. The predicted octanol–water partition coefficient (Wildman–Crippen LogP) is 1.98. The number of halogens is 1. The minimum absolute atomic E-state index is 0. The van der Waals surface area contributed by atoms with E-state index in [2.05, 4.69) is 34.0 Å². The normalized spacial score (nSPS) is 12.5. The number of anilines is 1. The number of hydrogen-bond donors (Lipinski definition) is 2. The van der Waals surface area contributed by atoms with Crippen molar-refractivity contribution in [1.82, 2.24) is 10.3 Å². The van der Waals surface area contributed by atoms with Gasteiger partial charge < -0.3 is 20.7 Å². The van der Waals surface area contributed by atoms with Crippen LogP contribution in [0.4, 0.5) is 5.82 Å². The zero-order valence-electron chi connectivity index (χ0n) is 13.9. The lowest BCUT2D eigenvalue weighted by molar-refractivity contribution is 0.179. The van der Waals surface area contributed by atoms with E-state index in [0.717, 1.165) is 24.5 Å². The number of rotatable bonds is 8. The molecular formula is C15H28IN5O. The van der Waals surface area contributed by atoms with E-state index in [-0.39, 0.29) is 30.0 Å². The van der Waals surface area contributed by atoms with Gasteiger partial charge in [0.25, 0.3) is 0 Å². The topological polar surface area (TPSA) is 75.8 Å². The Morgan fingerprint density at radius 2 is 2.09 bits per heavy atom. The molecular weight excluding hydrogens is 393 g/mol. The standard InChI is InChI=1S/C15H27N5O.HI/c1-5-20(6-2)14-8-7-13(9-17-14)10-18-15(16)19-12(3)11-21-4;/h7-9,12H,5-6,10-11H2,1-4H3,(H3,16,18,19);1H. The molecule has 0 saturated heterocycles. The van der Waals surface area contributed by atoms with E-state index < -0.39 is 0 Å². The minimum atomic E-state index is 0. The van der Waals surface area contributed by atoms with E-state index in [1.54, 1.807) is 7.11 Å². The Hall–Kier alpha value is -1.09. The van der Waals surface area contributed by atoms with Gasteiger partial charge in [-0.15, -0.1) is 24.0 Å². The van der Waals surface area contributed by atoms with Gasteiger partial charge in [0.15, 0.2) is 5.96 Å². The summed E-state index contributed by atoms with van der Waals surface area (Å²) < 4.78 is 5.04. The average Bonchev–Trinajstić information content (AvgIpc) is 2.48. The number of pyridine rings is 1. The molecule has 0 aromatic carbocycles. The Morgan fingerprint density at radius 3 is 2.59 bits per heavy atom. The van der Waals surface area contributed by atoms with Gasteiger partial charge in [-0.2, -0.15) is 0 Å². The van der Waals surface area contributed by atoms with Crippen molar-refractivity contribution in [1.29, 1.82) is 0 Å². The Labute approximate surface area is 150 Å². The number of hydrogen-bond acceptors (Lipinski definition) is 4. The average molecular weight is 421 g/mol. The highest BCUT2D eigenvalue weighted by atomic mass is 127. The molecule has 0 amide bonds. The van der Waals surface area contributed by atoms with Gasteiger partial charge in [-0.25, -0.2) is 9.98 Å². The quantitative estimate of drug-likeness (QED) is 0.382. The van der Waals surface area contributed by atoms with Gasteiger partial charge in [0.05, 0.1) is 13.2 Å². The highest BCUT2D eigenvalue weighted by Crippen LogP contribution is 2.11. The molecule has 7 heteroatoms. The predicted molar refractivity (Wildman–Crippen MR) is 103 cm³/mol. The SMILES string of the molecule is CCN(CC)c1ccc(CN=C(N)NC(C)COC)cn1.I. The maximum Gasteiger partial charge on any atom is 0.189 e. The van der Waals surface area contributed by atoms with Crippen molar-refractivity contribution in [2.45, 2.75) is 33.4 Å². The van der Waals surface area contributed by atoms with Crippen LogP contribution >= 0.6 is 24.0 Å². The van der Waals surface area contributed by atoms with Gasteiger partial charge in [0.1, 0.15) is 5.82 Å². The Balaban J connectivity index is 0.00000441. The van der Waals surface area contributed by atoms with Crippen molar-refractivity contribution < 1.29 is 4.74 Å². The zero-order valence-corrected chi connectivity index (χ0v) is 16.2. The number of nitrogens with two attached hydrogens (primary N) is 1. The van der Waals surface area contributed by atoms with E-state index in [1.165, 1.54) is 0 Å². The molecule has 6 nitrogen and oxygen atoms in total. The molecule has 1 rings (SSSR count). The molecule has 0 fully saturated rings. The molecule has 1 aromatic rings. The van der Waals surface area contributed by atoms with Crippen molar-refractivity contribution in [3.63, 3.8) is 0 Å². The Kier molecular flexibility index (Phi) is 10.9. The summed E-state index contributed by atoms with van der Waals surface area (Å²) in [6.45, 7) is 9.26. The second-order valence-corrected chi connectivity index (χ2v) is 4.90. The molecule has 1 aromatic heterocycles. The second-order valence-electron chi connectivity index (χ2n) is 4.90. The molecule has 0 saturated carbocycles. The first-order valence-corrected chi connectivity index (χ1v) is 7.35. The summed E-state index contributed by atoms with van der Waals surface area (Å²) in [5.74, 6) is 1.42. The molecule has 1 unspecified atom stereocenters. The van der Waals surface area contributed by atoms with Gasteiger partial charge >= 0.3 is 0 Å². The van der Waals surface area contributed by atoms with E-state index in [9.17, 15) is 0 Å². The van der Waals surface area contributed by atoms with Crippen molar-refractivity contribution in [2.24, 2.45) is 10.7 Å². The van der Waals surface area contributed by atoms with Crippen LogP contribution in [-0.2, 0) is 11.3 Å². The third kappa shape index (κ3) is 7.26. The monoisotopic (exact) mass is 421 g/mol. The largest absolute Gasteiger partial charge is 0.383 e. The van der Waals surface area contributed by atoms with Crippen LogP contribution in [0.25, 0.3) is 0 Å². The number of nitrogens with one attached hydrogen (secondary N) is 1. The fraction of sp³-hybridized carbons (Fsp3) is 0.600. The van der Waals surface area contributed by atoms with Crippen molar-refractivity contribution in [3.05, 3.63) is 23.9 Å². The fourth-order valence-corrected chi connectivity index (χ4v) is 2.01. The van der Waals surface area contributed by atoms with E-state index in [4.69, 9.17) is 10.5 Å². The van der Waals surface area contributed by atoms with Crippen molar-refractivity contribution in [2.75, 3.05) is 31.7 Å². The Bertz CT molecular complexity index is 434. The molecule has 0 aliphatic heterocycles. The molecule has 0 aliphatic carbocycles. The molecule has 1 heterocycles. The number of methoxy groups -OCH3 is 1. The molecule has 0 aliphatic rings. The van der Waals surface area contributed by atoms with Crippen LogP contribution in [0.15, 0.2) is 23.3 Å². The number of ether oxygens (including phenoxy) is 1. The lowest BCUT2D eigenvalue weighted by Gasteiger charge is -2.19. The van der Waals surface area contributed by atoms with Gasteiger partial charge in [0, 0.05) is 32.4 Å². The maximum atomic E-state index is 5.83. The first kappa shape index (κ1) is 20.9. The number of aromatic nitrogens is 1. The molecule has 1 atom stereocenters. The zero-order chi connectivity index (χ0) is 15.7. The number of nitrogens with zero attached hydrogens (tertiary/aromatic N) is 3. The summed E-state index contributed by atoms with van der Waals surface area (Å²) in [6.07, 6.45) is 1.85. The van der Waals surface area contributed by atoms with Crippen LogP contribution in [0, 0.1) is 0 Å². The van der Waals surface area contributed by atoms with Gasteiger partial charge in [-0.1, -0.05) is 6.07 Å². The molecule has 126 valence electrons. The van der Waals surface area contributed by atoms with Crippen LogP contribution in [0.2, 0.25) is 0 Å². The summed E-state index contributed by atoms with van der Waals surface area (Å²) in [6, 6.07) is 4.20. The van der Waals surface area contributed by atoms with E-state index in [0.29, 0.717) is 19.1 Å². The van der Waals surface area contributed by atoms with Gasteiger partial charge in [-0.05, 0) is 32.4 Å². The smallest absolute Gasteiger partial charge is 0.189 e. The first-order valence-electron chi connectivity index (χ1n) is 7.35.